The van der Waals surface area contributed by atoms with Gasteiger partial charge in [-0.05, 0) is 18.2 Å². The number of carbonyl (C=O) groups is 2. The van der Waals surface area contributed by atoms with E-state index in [1.165, 1.54) is 24.3 Å². The van der Waals surface area contributed by atoms with E-state index in [2.05, 4.69) is 5.32 Å². The summed E-state index contributed by atoms with van der Waals surface area (Å²) in [6, 6.07) is 4.36. The van der Waals surface area contributed by atoms with Gasteiger partial charge in [0.15, 0.2) is 5.78 Å². The second-order valence-electron chi connectivity index (χ2n) is 3.77. The summed E-state index contributed by atoms with van der Waals surface area (Å²) in [5, 5.41) is 10.9. The fourth-order valence-corrected chi connectivity index (χ4v) is 1.50. The normalized spacial score (nSPS) is 10.4. The lowest BCUT2D eigenvalue weighted by molar-refractivity contribution is 0.104. The molecule has 1 aromatic rings. The van der Waals surface area contributed by atoms with E-state index in [1.807, 2.05) is 0 Å². The van der Waals surface area contributed by atoms with Gasteiger partial charge in [0.1, 0.15) is 0 Å². The summed E-state index contributed by atoms with van der Waals surface area (Å²) < 4.78 is 0. The van der Waals surface area contributed by atoms with Crippen molar-refractivity contribution in [1.29, 1.82) is 0 Å². The van der Waals surface area contributed by atoms with Crippen LogP contribution in [0, 0.1) is 0 Å². The number of hydrogen-bond acceptors (Lipinski definition) is 3. The fraction of sp³-hybridized carbons (Fsp3) is 0.167. The fourth-order valence-electron chi connectivity index (χ4n) is 1.22. The zero-order chi connectivity index (χ0) is 13.7. The molecule has 0 saturated carbocycles. The molecule has 0 aliphatic rings. The minimum absolute atomic E-state index is 0.203. The van der Waals surface area contributed by atoms with E-state index in [4.69, 9.17) is 16.7 Å². The number of benzene rings is 1. The van der Waals surface area contributed by atoms with Crippen molar-refractivity contribution in [1.82, 2.24) is 4.90 Å². The Bertz CT molecular complexity index is 498. The van der Waals surface area contributed by atoms with E-state index in [1.54, 1.807) is 25.2 Å². The summed E-state index contributed by atoms with van der Waals surface area (Å²) in [7, 11) is 3.59. The van der Waals surface area contributed by atoms with E-state index in [0.29, 0.717) is 11.3 Å². The Balaban J connectivity index is 2.91. The van der Waals surface area contributed by atoms with Crippen LogP contribution < -0.4 is 5.32 Å². The third-order valence-corrected chi connectivity index (χ3v) is 2.32. The van der Waals surface area contributed by atoms with Crippen molar-refractivity contribution in [3.63, 3.8) is 0 Å². The van der Waals surface area contributed by atoms with E-state index >= 15 is 0 Å². The predicted octanol–water partition coefficient (Wildman–Crippen LogP) is 2.69. The summed E-state index contributed by atoms with van der Waals surface area (Å²) in [5.41, 5.74) is 0.645. The zero-order valence-electron chi connectivity index (χ0n) is 9.98. The molecule has 0 bridgehead atoms. The van der Waals surface area contributed by atoms with Crippen LogP contribution in [0.2, 0.25) is 5.02 Å². The maximum absolute atomic E-state index is 11.8. The summed E-state index contributed by atoms with van der Waals surface area (Å²) >= 11 is 5.92. The molecule has 5 nitrogen and oxygen atoms in total. The van der Waals surface area contributed by atoms with Gasteiger partial charge in [0, 0.05) is 37.6 Å². The molecule has 0 aromatic heterocycles. The minimum atomic E-state index is -1.18. The Kier molecular flexibility index (Phi) is 4.74. The van der Waals surface area contributed by atoms with Crippen LogP contribution in [-0.2, 0) is 0 Å². The van der Waals surface area contributed by atoms with Crippen molar-refractivity contribution in [2.45, 2.75) is 0 Å². The summed E-state index contributed by atoms with van der Waals surface area (Å²) in [4.78, 5) is 23.9. The second-order valence-corrected chi connectivity index (χ2v) is 4.18. The Labute approximate surface area is 110 Å². The van der Waals surface area contributed by atoms with Gasteiger partial charge in [-0.25, -0.2) is 4.79 Å². The molecule has 0 saturated heterocycles. The number of ketones is 1. The highest BCUT2D eigenvalue weighted by molar-refractivity contribution is 6.34. The quantitative estimate of drug-likeness (QED) is 0.651. The van der Waals surface area contributed by atoms with Crippen LogP contribution in [0.25, 0.3) is 0 Å². The van der Waals surface area contributed by atoms with Crippen molar-refractivity contribution in [2.24, 2.45) is 0 Å². The highest BCUT2D eigenvalue weighted by atomic mass is 35.5. The first-order chi connectivity index (χ1) is 8.40. The molecule has 0 fully saturated rings. The molecule has 2 N–H and O–H groups in total. The van der Waals surface area contributed by atoms with Crippen molar-refractivity contribution in [3.8, 4) is 0 Å². The topological polar surface area (TPSA) is 69.6 Å². The molecule has 1 aromatic carbocycles. The van der Waals surface area contributed by atoms with Crippen molar-refractivity contribution in [2.75, 3.05) is 19.4 Å². The Morgan fingerprint density at radius 1 is 1.39 bits per heavy atom. The third kappa shape index (κ3) is 4.10. The predicted molar refractivity (Wildman–Crippen MR) is 70.3 cm³/mol. The van der Waals surface area contributed by atoms with Gasteiger partial charge in [0.25, 0.3) is 0 Å². The average Bonchev–Trinajstić information content (AvgIpc) is 2.25. The second kappa shape index (κ2) is 6.07. The highest BCUT2D eigenvalue weighted by Gasteiger charge is 2.09. The van der Waals surface area contributed by atoms with Gasteiger partial charge in [-0.2, -0.15) is 0 Å². The molecule has 0 unspecified atom stereocenters. The van der Waals surface area contributed by atoms with E-state index in [9.17, 15) is 9.59 Å². The number of carbonyl (C=O) groups excluding carboxylic acids is 1. The van der Waals surface area contributed by atoms with Crippen LogP contribution in [0.3, 0.4) is 0 Å². The van der Waals surface area contributed by atoms with Crippen molar-refractivity contribution in [3.05, 3.63) is 41.1 Å². The van der Waals surface area contributed by atoms with Gasteiger partial charge < -0.3 is 10.0 Å². The van der Waals surface area contributed by atoms with Gasteiger partial charge in [-0.1, -0.05) is 11.6 Å². The van der Waals surface area contributed by atoms with E-state index in [-0.39, 0.29) is 10.8 Å². The minimum Gasteiger partial charge on any atom is -0.465 e. The number of nitrogens with zero attached hydrogens (tertiary/aromatic N) is 1. The number of anilines is 1. The maximum Gasteiger partial charge on any atom is 0.409 e. The van der Waals surface area contributed by atoms with Crippen LogP contribution in [0.5, 0.6) is 0 Å². The van der Waals surface area contributed by atoms with Crippen molar-refractivity contribution < 1.29 is 14.7 Å². The Morgan fingerprint density at radius 2 is 2.06 bits per heavy atom. The first-order valence-corrected chi connectivity index (χ1v) is 5.46. The van der Waals surface area contributed by atoms with Crippen LogP contribution in [-0.4, -0.2) is 36.0 Å². The molecule has 0 spiro atoms. The van der Waals surface area contributed by atoms with E-state index in [0.717, 1.165) is 0 Å². The number of hydrogen-bond donors (Lipinski definition) is 2. The molecule has 1 rings (SSSR count). The Morgan fingerprint density at radius 3 is 2.56 bits per heavy atom. The number of rotatable bonds is 4. The molecule has 0 aliphatic heterocycles. The molecule has 96 valence electrons. The zero-order valence-corrected chi connectivity index (χ0v) is 10.7. The summed E-state index contributed by atoms with van der Waals surface area (Å²) in [6.07, 6.45) is 1.82. The molecule has 1 amide bonds. The lowest BCUT2D eigenvalue weighted by Gasteiger charge is -2.06. The molecule has 0 atom stereocenters. The maximum atomic E-state index is 11.8. The molecule has 6 heteroatoms. The van der Waals surface area contributed by atoms with Crippen LogP contribution in [0.4, 0.5) is 10.5 Å². The van der Waals surface area contributed by atoms with Crippen molar-refractivity contribution >= 4 is 29.2 Å². The molecule has 0 radical (unpaired) electrons. The lowest BCUT2D eigenvalue weighted by Crippen LogP contribution is -2.08. The van der Waals surface area contributed by atoms with Gasteiger partial charge in [0.05, 0.1) is 5.02 Å². The number of carboxylic acid groups (broad SMARTS) is 1. The number of allylic oxidation sites excluding steroid dienone is 1. The molecule has 0 aliphatic carbocycles. The van der Waals surface area contributed by atoms with Gasteiger partial charge in [0.2, 0.25) is 0 Å². The Hall–Kier alpha value is -2.01. The van der Waals surface area contributed by atoms with Crippen LogP contribution >= 0.6 is 11.6 Å². The molecular weight excluding hydrogens is 256 g/mol. The molecular formula is C12H13ClN2O3. The number of halogens is 1. The van der Waals surface area contributed by atoms with E-state index < -0.39 is 6.09 Å². The molecule has 18 heavy (non-hydrogen) atoms. The summed E-state index contributed by atoms with van der Waals surface area (Å²) in [6.45, 7) is 0. The monoisotopic (exact) mass is 268 g/mol. The van der Waals surface area contributed by atoms with Gasteiger partial charge in [-0.3, -0.25) is 10.1 Å². The smallest absolute Gasteiger partial charge is 0.409 e. The van der Waals surface area contributed by atoms with Gasteiger partial charge in [-0.15, -0.1) is 0 Å². The standard InChI is InChI=1S/C12H13ClN2O3/c1-15(2)6-5-11(16)9-4-3-8(7-10(9)13)14-12(17)18/h3-7,14H,1-2H3,(H,17,18)/b6-5+. The number of amides is 1. The largest absolute Gasteiger partial charge is 0.465 e. The first-order valence-electron chi connectivity index (χ1n) is 5.08. The number of nitrogens with one attached hydrogen (secondary N) is 1. The average molecular weight is 269 g/mol. The molecule has 0 heterocycles. The van der Waals surface area contributed by atoms with Crippen LogP contribution in [0.1, 0.15) is 10.4 Å². The first kappa shape index (κ1) is 14.1. The lowest BCUT2D eigenvalue weighted by atomic mass is 10.1. The highest BCUT2D eigenvalue weighted by Crippen LogP contribution is 2.21. The van der Waals surface area contributed by atoms with Crippen LogP contribution in [0.15, 0.2) is 30.5 Å². The third-order valence-electron chi connectivity index (χ3n) is 2.01. The van der Waals surface area contributed by atoms with Gasteiger partial charge >= 0.3 is 6.09 Å². The summed E-state index contributed by atoms with van der Waals surface area (Å²) in [5.74, 6) is -0.240. The SMILES string of the molecule is CN(C)/C=C/C(=O)c1ccc(NC(=O)O)cc1Cl.